The molecule has 0 bridgehead atoms. The molecule has 1 amide bonds. The van der Waals surface area contributed by atoms with E-state index >= 15 is 0 Å². The number of hydrogen-bond donors (Lipinski definition) is 3. The molecule has 0 saturated heterocycles. The van der Waals surface area contributed by atoms with Gasteiger partial charge in [0, 0.05) is 35.0 Å². The largest absolute Gasteiger partial charge is 0.381 e. The van der Waals surface area contributed by atoms with Crippen molar-refractivity contribution in [1.82, 2.24) is 14.8 Å². The molecule has 0 spiro atoms. The SMILES string of the molecule is C#Cc1cccc2nc(CC)c(-c3ccccc3)cc12.NC(=O)c1c(N)nn2c1NCC=C2. The molecule has 5 N–H and O–H groups in total. The lowest BCUT2D eigenvalue weighted by molar-refractivity contribution is 0.100. The first-order valence-electron chi connectivity index (χ1n) is 10.6. The molecule has 0 unspecified atom stereocenters. The fourth-order valence-electron chi connectivity index (χ4n) is 3.78. The number of carbonyl (C=O) groups excluding carboxylic acids is 1. The van der Waals surface area contributed by atoms with E-state index in [-0.39, 0.29) is 11.4 Å². The van der Waals surface area contributed by atoms with E-state index in [1.807, 2.05) is 42.5 Å². The van der Waals surface area contributed by atoms with Gasteiger partial charge in [-0.3, -0.25) is 9.78 Å². The average molecular weight is 437 g/mol. The van der Waals surface area contributed by atoms with Crippen LogP contribution in [0.4, 0.5) is 11.6 Å². The maximum Gasteiger partial charge on any atom is 0.256 e. The van der Waals surface area contributed by atoms with Gasteiger partial charge in [-0.25, -0.2) is 4.68 Å². The van der Waals surface area contributed by atoms with E-state index in [9.17, 15) is 4.79 Å². The first kappa shape index (κ1) is 21.7. The number of pyridine rings is 1. The molecule has 1 aliphatic heterocycles. The summed E-state index contributed by atoms with van der Waals surface area (Å²) >= 11 is 0. The van der Waals surface area contributed by atoms with Crippen molar-refractivity contribution in [1.29, 1.82) is 0 Å². The number of rotatable bonds is 3. The maximum atomic E-state index is 11.0. The van der Waals surface area contributed by atoms with E-state index in [4.69, 9.17) is 22.9 Å². The smallest absolute Gasteiger partial charge is 0.256 e. The number of benzene rings is 2. The molecule has 2 aromatic carbocycles. The molecule has 33 heavy (non-hydrogen) atoms. The number of carbonyl (C=O) groups is 1. The van der Waals surface area contributed by atoms with Crippen LogP contribution < -0.4 is 16.8 Å². The van der Waals surface area contributed by atoms with Crippen LogP contribution in [0.25, 0.3) is 28.2 Å². The fourth-order valence-corrected chi connectivity index (χ4v) is 3.78. The van der Waals surface area contributed by atoms with Gasteiger partial charge in [-0.2, -0.15) is 0 Å². The standard InChI is InChI=1S/C19H15N.C7H9N5O/c1-3-14-11-8-12-19-16(14)13-17(18(4-2)20-19)15-9-6-5-7-10-15;8-5-4(6(9)13)7-10-2-1-3-12(7)11-5/h1,5-13H,4H2,2H3;1,3,10H,2H2,(H2,8,11)(H2,9,13). The van der Waals surface area contributed by atoms with Gasteiger partial charge in [0.2, 0.25) is 0 Å². The van der Waals surface area contributed by atoms with Crippen LogP contribution >= 0.6 is 0 Å². The van der Waals surface area contributed by atoms with Crippen molar-refractivity contribution in [2.45, 2.75) is 13.3 Å². The maximum absolute atomic E-state index is 11.0. The van der Waals surface area contributed by atoms with Gasteiger partial charge in [0.15, 0.2) is 5.82 Å². The van der Waals surface area contributed by atoms with Crippen LogP contribution in [0.2, 0.25) is 0 Å². The summed E-state index contributed by atoms with van der Waals surface area (Å²) in [6.45, 7) is 2.77. The Morgan fingerprint density at radius 2 is 2.00 bits per heavy atom. The third-order valence-electron chi connectivity index (χ3n) is 5.33. The van der Waals surface area contributed by atoms with Crippen molar-refractivity contribution >= 4 is 34.6 Å². The number of anilines is 2. The predicted octanol–water partition coefficient (Wildman–Crippen LogP) is 3.91. The molecule has 0 fully saturated rings. The zero-order valence-electron chi connectivity index (χ0n) is 18.2. The number of nitrogens with two attached hydrogens (primary N) is 2. The lowest BCUT2D eigenvalue weighted by Gasteiger charge is -2.10. The molecule has 0 aliphatic carbocycles. The number of primary amides is 1. The molecule has 3 heterocycles. The summed E-state index contributed by atoms with van der Waals surface area (Å²) in [4.78, 5) is 15.8. The number of nitrogens with one attached hydrogen (secondary N) is 1. The second kappa shape index (κ2) is 9.28. The summed E-state index contributed by atoms with van der Waals surface area (Å²) in [5.41, 5.74) is 16.2. The minimum atomic E-state index is -0.568. The first-order chi connectivity index (χ1) is 16.0. The summed E-state index contributed by atoms with van der Waals surface area (Å²) in [7, 11) is 0. The van der Waals surface area contributed by atoms with E-state index < -0.39 is 5.91 Å². The second-order valence-electron chi connectivity index (χ2n) is 7.40. The molecular weight excluding hydrogens is 412 g/mol. The number of amides is 1. The normalized spacial score (nSPS) is 11.6. The van der Waals surface area contributed by atoms with Gasteiger partial charge in [0.05, 0.1) is 5.52 Å². The molecule has 7 nitrogen and oxygen atoms in total. The highest BCUT2D eigenvalue weighted by atomic mass is 16.1. The van der Waals surface area contributed by atoms with Gasteiger partial charge in [0.25, 0.3) is 5.91 Å². The molecule has 2 aromatic heterocycles. The molecule has 7 heteroatoms. The topological polar surface area (TPSA) is 112 Å². The van der Waals surface area contributed by atoms with E-state index in [0.717, 1.165) is 28.6 Å². The van der Waals surface area contributed by atoms with Crippen molar-refractivity contribution in [2.24, 2.45) is 5.73 Å². The van der Waals surface area contributed by atoms with Crippen LogP contribution in [0.15, 0.2) is 60.7 Å². The van der Waals surface area contributed by atoms with Crippen LogP contribution in [0.3, 0.4) is 0 Å². The van der Waals surface area contributed by atoms with Gasteiger partial charge in [-0.15, -0.1) is 11.5 Å². The summed E-state index contributed by atoms with van der Waals surface area (Å²) in [6, 6.07) is 18.5. The molecule has 0 atom stereocenters. The lowest BCUT2D eigenvalue weighted by Crippen LogP contribution is -2.17. The molecule has 0 saturated carbocycles. The number of hydrogen-bond acceptors (Lipinski definition) is 5. The highest BCUT2D eigenvalue weighted by Crippen LogP contribution is 2.28. The number of terminal acetylenes is 1. The Hall–Kier alpha value is -4.57. The average Bonchev–Trinajstić information content (AvgIpc) is 3.19. The van der Waals surface area contributed by atoms with Crippen molar-refractivity contribution < 1.29 is 4.79 Å². The Bertz CT molecular complexity index is 1400. The van der Waals surface area contributed by atoms with Crippen LogP contribution in [0.1, 0.15) is 28.5 Å². The Morgan fingerprint density at radius 1 is 1.21 bits per heavy atom. The summed E-state index contributed by atoms with van der Waals surface area (Å²) in [5, 5.41) is 7.93. The summed E-state index contributed by atoms with van der Waals surface area (Å²) in [5.74, 6) is 2.89. The number of nitrogen functional groups attached to an aromatic ring is 1. The van der Waals surface area contributed by atoms with Crippen molar-refractivity contribution in [3.05, 3.63) is 77.5 Å². The Kier molecular flexibility index (Phi) is 6.09. The lowest BCUT2D eigenvalue weighted by atomic mass is 9.98. The third-order valence-corrected chi connectivity index (χ3v) is 5.33. The van der Waals surface area contributed by atoms with Gasteiger partial charge in [-0.05, 0) is 36.3 Å². The van der Waals surface area contributed by atoms with Gasteiger partial charge < -0.3 is 16.8 Å². The monoisotopic (exact) mass is 436 g/mol. The minimum Gasteiger partial charge on any atom is -0.381 e. The van der Waals surface area contributed by atoms with Gasteiger partial charge in [-0.1, -0.05) is 49.2 Å². The zero-order chi connectivity index (χ0) is 23.4. The van der Waals surface area contributed by atoms with Crippen molar-refractivity contribution in [2.75, 3.05) is 17.6 Å². The van der Waals surface area contributed by atoms with E-state index in [1.54, 1.807) is 6.20 Å². The Balaban J connectivity index is 0.000000172. The molecule has 4 aromatic rings. The molecular formula is C26H24N6O. The Morgan fingerprint density at radius 3 is 2.70 bits per heavy atom. The summed E-state index contributed by atoms with van der Waals surface area (Å²) in [6.07, 6.45) is 10.1. The van der Waals surface area contributed by atoms with Crippen LogP contribution in [-0.2, 0) is 6.42 Å². The van der Waals surface area contributed by atoms with E-state index in [2.05, 4.69) is 41.5 Å². The molecule has 1 aliphatic rings. The van der Waals surface area contributed by atoms with Crippen LogP contribution in [0.5, 0.6) is 0 Å². The predicted molar refractivity (Wildman–Crippen MR) is 133 cm³/mol. The zero-order valence-corrected chi connectivity index (χ0v) is 18.2. The van der Waals surface area contributed by atoms with Crippen LogP contribution in [-0.4, -0.2) is 27.2 Å². The molecule has 5 rings (SSSR count). The molecule has 0 radical (unpaired) electrons. The molecule has 164 valence electrons. The number of nitrogens with zero attached hydrogens (tertiary/aromatic N) is 3. The number of fused-ring (bicyclic) bond motifs is 2. The number of aromatic nitrogens is 3. The van der Waals surface area contributed by atoms with E-state index in [0.29, 0.717) is 12.4 Å². The van der Waals surface area contributed by atoms with Gasteiger partial charge >= 0.3 is 0 Å². The number of aryl methyl sites for hydroxylation is 1. The van der Waals surface area contributed by atoms with Crippen LogP contribution in [0, 0.1) is 12.3 Å². The minimum absolute atomic E-state index is 0.154. The highest BCUT2D eigenvalue weighted by molar-refractivity contribution is 6.02. The van der Waals surface area contributed by atoms with Gasteiger partial charge in [0.1, 0.15) is 11.4 Å². The quantitative estimate of drug-likeness (QED) is 0.422. The van der Waals surface area contributed by atoms with E-state index in [1.165, 1.54) is 15.8 Å². The fraction of sp³-hybridized carbons (Fsp3) is 0.115. The van der Waals surface area contributed by atoms with Crippen molar-refractivity contribution in [3.63, 3.8) is 0 Å². The third kappa shape index (κ3) is 4.27. The second-order valence-corrected chi connectivity index (χ2v) is 7.40. The Labute approximate surface area is 192 Å². The summed E-state index contributed by atoms with van der Waals surface area (Å²) < 4.78 is 1.50. The first-order valence-corrected chi connectivity index (χ1v) is 10.6. The van der Waals surface area contributed by atoms with Crippen molar-refractivity contribution in [3.8, 4) is 23.5 Å². The highest BCUT2D eigenvalue weighted by Gasteiger charge is 2.20.